The van der Waals surface area contributed by atoms with E-state index in [0.29, 0.717) is 18.5 Å². The highest BCUT2D eigenvalue weighted by Gasteiger charge is 2.15. The maximum absolute atomic E-state index is 12.8. The van der Waals surface area contributed by atoms with E-state index in [1.807, 2.05) is 42.5 Å². The number of para-hydroxylation sites is 1. The molecule has 5 heteroatoms. The van der Waals surface area contributed by atoms with E-state index in [1.165, 1.54) is 5.56 Å². The van der Waals surface area contributed by atoms with Gasteiger partial charge in [0, 0.05) is 12.4 Å². The van der Waals surface area contributed by atoms with Crippen LogP contribution in [0, 0.1) is 0 Å². The van der Waals surface area contributed by atoms with Crippen molar-refractivity contribution in [1.82, 2.24) is 9.55 Å². The Morgan fingerprint density at radius 1 is 1.12 bits per heavy atom. The molecule has 2 aromatic carbocycles. The molecule has 0 spiro atoms. The van der Waals surface area contributed by atoms with Gasteiger partial charge in [-0.05, 0) is 24.6 Å². The number of hydrogen-bond acceptors (Lipinski definition) is 4. The van der Waals surface area contributed by atoms with E-state index in [2.05, 4.69) is 19.1 Å². The zero-order valence-corrected chi connectivity index (χ0v) is 14.6. The van der Waals surface area contributed by atoms with Crippen molar-refractivity contribution in [3.05, 3.63) is 70.5 Å². The monoisotopic (exact) mass is 340 g/mol. The lowest BCUT2D eigenvalue weighted by atomic mass is 10.2. The first-order valence-electron chi connectivity index (χ1n) is 7.91. The summed E-state index contributed by atoms with van der Waals surface area (Å²) in [7, 11) is 1.64. The smallest absolute Gasteiger partial charge is 0.262 e. The predicted molar refractivity (Wildman–Crippen MR) is 98.6 cm³/mol. The summed E-state index contributed by atoms with van der Waals surface area (Å²) in [5.41, 5.74) is 1.93. The molecule has 1 aromatic heterocycles. The molecule has 0 radical (unpaired) electrons. The molecule has 3 aromatic rings. The Morgan fingerprint density at radius 2 is 1.83 bits per heavy atom. The van der Waals surface area contributed by atoms with E-state index in [4.69, 9.17) is 9.72 Å². The van der Waals surface area contributed by atoms with Gasteiger partial charge in [-0.1, -0.05) is 54.2 Å². The molecule has 124 valence electrons. The topological polar surface area (TPSA) is 44.1 Å². The average molecular weight is 340 g/mol. The van der Waals surface area contributed by atoms with Crippen molar-refractivity contribution in [3.63, 3.8) is 0 Å². The molecule has 0 aliphatic carbocycles. The van der Waals surface area contributed by atoms with Crippen molar-refractivity contribution in [2.45, 2.75) is 23.9 Å². The van der Waals surface area contributed by atoms with Gasteiger partial charge in [0.1, 0.15) is 0 Å². The Morgan fingerprint density at radius 3 is 2.58 bits per heavy atom. The van der Waals surface area contributed by atoms with Crippen LogP contribution >= 0.6 is 11.8 Å². The van der Waals surface area contributed by atoms with E-state index in [1.54, 1.807) is 23.4 Å². The summed E-state index contributed by atoms with van der Waals surface area (Å²) in [6.45, 7) is 3.10. The first-order valence-corrected chi connectivity index (χ1v) is 8.79. The number of methoxy groups -OCH3 is 1. The quantitative estimate of drug-likeness (QED) is 0.504. The van der Waals surface area contributed by atoms with Crippen LogP contribution in [0.25, 0.3) is 10.9 Å². The zero-order valence-electron chi connectivity index (χ0n) is 13.8. The van der Waals surface area contributed by atoms with E-state index in [-0.39, 0.29) is 10.8 Å². The number of aromatic nitrogens is 2. The van der Waals surface area contributed by atoms with Gasteiger partial charge >= 0.3 is 0 Å². The molecule has 0 aliphatic rings. The van der Waals surface area contributed by atoms with E-state index >= 15 is 0 Å². The van der Waals surface area contributed by atoms with Crippen LogP contribution in [-0.4, -0.2) is 23.3 Å². The Hall–Kier alpha value is -2.11. The van der Waals surface area contributed by atoms with E-state index in [9.17, 15) is 4.79 Å². The van der Waals surface area contributed by atoms with Gasteiger partial charge in [-0.2, -0.15) is 0 Å². The van der Waals surface area contributed by atoms with Crippen molar-refractivity contribution in [3.8, 4) is 0 Å². The van der Waals surface area contributed by atoms with Gasteiger partial charge in [0.15, 0.2) is 5.16 Å². The minimum atomic E-state index is -0.0135. The molecular formula is C19H20N2O2S. The summed E-state index contributed by atoms with van der Waals surface area (Å²) in [5, 5.41) is 1.57. The Balaban J connectivity index is 2.03. The van der Waals surface area contributed by atoms with Gasteiger partial charge in [0.05, 0.1) is 24.1 Å². The van der Waals surface area contributed by atoms with Gasteiger partial charge < -0.3 is 4.74 Å². The van der Waals surface area contributed by atoms with Crippen LogP contribution in [-0.2, 0) is 11.3 Å². The third-order valence-electron chi connectivity index (χ3n) is 3.90. The fourth-order valence-electron chi connectivity index (χ4n) is 2.57. The summed E-state index contributed by atoms with van der Waals surface area (Å²) < 4.78 is 6.88. The molecule has 0 N–H and O–H groups in total. The zero-order chi connectivity index (χ0) is 16.9. The van der Waals surface area contributed by atoms with Crippen LogP contribution in [0.15, 0.2) is 64.5 Å². The van der Waals surface area contributed by atoms with Gasteiger partial charge in [-0.3, -0.25) is 9.36 Å². The predicted octanol–water partition coefficient (Wildman–Crippen LogP) is 3.90. The summed E-state index contributed by atoms with van der Waals surface area (Å²) in [6.07, 6.45) is 0. The molecule has 0 unspecified atom stereocenters. The van der Waals surface area contributed by atoms with Crippen LogP contribution in [0.3, 0.4) is 0 Å². The second-order valence-corrected chi connectivity index (χ2v) is 6.84. The van der Waals surface area contributed by atoms with Crippen LogP contribution in [0.2, 0.25) is 0 Å². The number of ether oxygens (including phenoxy) is 1. The SMILES string of the molecule is COCCn1c(S[C@H](C)c2ccccc2)nc2ccccc2c1=O. The molecule has 0 amide bonds. The minimum absolute atomic E-state index is 0.0135. The summed E-state index contributed by atoms with van der Waals surface area (Å²) in [4.78, 5) is 17.6. The van der Waals surface area contributed by atoms with Crippen molar-refractivity contribution < 1.29 is 4.74 Å². The molecule has 24 heavy (non-hydrogen) atoms. The fraction of sp³-hybridized carbons (Fsp3) is 0.263. The second kappa shape index (κ2) is 7.64. The highest BCUT2D eigenvalue weighted by atomic mass is 32.2. The first kappa shape index (κ1) is 16.7. The highest BCUT2D eigenvalue weighted by molar-refractivity contribution is 7.99. The number of hydrogen-bond donors (Lipinski definition) is 0. The first-order chi connectivity index (χ1) is 11.7. The van der Waals surface area contributed by atoms with Crippen molar-refractivity contribution in [2.24, 2.45) is 0 Å². The lowest BCUT2D eigenvalue weighted by molar-refractivity contribution is 0.183. The molecule has 1 heterocycles. The normalized spacial score (nSPS) is 12.4. The third kappa shape index (κ3) is 3.52. The van der Waals surface area contributed by atoms with Crippen LogP contribution in [0.4, 0.5) is 0 Å². The number of nitrogens with zero attached hydrogens (tertiary/aromatic N) is 2. The molecule has 0 fully saturated rings. The van der Waals surface area contributed by atoms with Crippen molar-refractivity contribution >= 4 is 22.7 Å². The van der Waals surface area contributed by atoms with Gasteiger partial charge in [-0.25, -0.2) is 4.98 Å². The second-order valence-electron chi connectivity index (χ2n) is 5.53. The number of rotatable bonds is 6. The number of benzene rings is 2. The van der Waals surface area contributed by atoms with E-state index in [0.717, 1.165) is 10.7 Å². The maximum Gasteiger partial charge on any atom is 0.262 e. The number of thioether (sulfide) groups is 1. The standard InChI is InChI=1S/C19H20N2O2S/c1-14(15-8-4-3-5-9-15)24-19-20-17-11-7-6-10-16(17)18(22)21(19)12-13-23-2/h3-11,14H,12-13H2,1-2H3/t14-/m1/s1. The summed E-state index contributed by atoms with van der Waals surface area (Å²) in [5.74, 6) is 0. The van der Waals surface area contributed by atoms with Crippen LogP contribution in [0.1, 0.15) is 17.7 Å². The lowest BCUT2D eigenvalue weighted by Crippen LogP contribution is -2.25. The summed E-state index contributed by atoms with van der Waals surface area (Å²) >= 11 is 1.60. The molecule has 4 nitrogen and oxygen atoms in total. The maximum atomic E-state index is 12.8. The molecular weight excluding hydrogens is 320 g/mol. The Labute approximate surface area is 145 Å². The summed E-state index contributed by atoms with van der Waals surface area (Å²) in [6, 6.07) is 17.7. The Bertz CT molecular complexity index is 877. The third-order valence-corrected chi connectivity index (χ3v) is 5.05. The van der Waals surface area contributed by atoms with E-state index < -0.39 is 0 Å². The Kier molecular flexibility index (Phi) is 5.33. The molecule has 0 aliphatic heterocycles. The number of fused-ring (bicyclic) bond motifs is 1. The highest BCUT2D eigenvalue weighted by Crippen LogP contribution is 2.33. The van der Waals surface area contributed by atoms with Crippen molar-refractivity contribution in [1.29, 1.82) is 0 Å². The molecule has 0 saturated heterocycles. The fourth-order valence-corrected chi connectivity index (χ4v) is 3.63. The molecule has 3 rings (SSSR count). The van der Waals surface area contributed by atoms with Crippen molar-refractivity contribution in [2.75, 3.05) is 13.7 Å². The van der Waals surface area contributed by atoms with Crippen LogP contribution < -0.4 is 5.56 Å². The van der Waals surface area contributed by atoms with Gasteiger partial charge in [0.25, 0.3) is 5.56 Å². The largest absolute Gasteiger partial charge is 0.383 e. The van der Waals surface area contributed by atoms with Gasteiger partial charge in [0.2, 0.25) is 0 Å². The lowest BCUT2D eigenvalue weighted by Gasteiger charge is -2.16. The molecule has 0 saturated carbocycles. The minimum Gasteiger partial charge on any atom is -0.383 e. The average Bonchev–Trinajstić information content (AvgIpc) is 2.62. The molecule has 1 atom stereocenters. The van der Waals surface area contributed by atoms with Crippen LogP contribution in [0.5, 0.6) is 0 Å². The van der Waals surface area contributed by atoms with Gasteiger partial charge in [-0.15, -0.1) is 0 Å². The molecule has 0 bridgehead atoms.